The fourth-order valence-corrected chi connectivity index (χ4v) is 4.18. The Kier molecular flexibility index (Phi) is 6.98. The summed E-state index contributed by atoms with van der Waals surface area (Å²) in [5, 5.41) is 16.0. The second-order valence-corrected chi connectivity index (χ2v) is 8.14. The van der Waals surface area contributed by atoms with E-state index in [0.717, 1.165) is 10.9 Å². The minimum atomic E-state index is -1.04. The van der Waals surface area contributed by atoms with E-state index in [1.807, 2.05) is 55.5 Å². The molecule has 0 saturated carbocycles. The summed E-state index contributed by atoms with van der Waals surface area (Å²) < 4.78 is 10.8. The molecule has 1 aromatic heterocycles. The van der Waals surface area contributed by atoms with E-state index in [0.29, 0.717) is 41.3 Å². The number of benzene rings is 2. The first-order chi connectivity index (χ1) is 16.4. The number of methoxy groups -OCH3 is 1. The van der Waals surface area contributed by atoms with E-state index in [4.69, 9.17) is 26.2 Å². The van der Waals surface area contributed by atoms with Gasteiger partial charge in [-0.15, -0.1) is 0 Å². The molecule has 9 heteroatoms. The second-order valence-electron chi connectivity index (χ2n) is 7.78. The molecule has 1 aliphatic heterocycles. The number of amides is 1. The maximum atomic E-state index is 13.0. The lowest BCUT2D eigenvalue weighted by molar-refractivity contribution is -0.141. The molecule has 0 spiro atoms. The van der Waals surface area contributed by atoms with Crippen LogP contribution in [0.5, 0.6) is 11.5 Å². The molecule has 1 atom stereocenters. The molecule has 1 aliphatic rings. The maximum Gasteiger partial charge on any atom is 0.303 e. The van der Waals surface area contributed by atoms with E-state index in [1.54, 1.807) is 7.11 Å². The molecule has 0 aliphatic carbocycles. The zero-order chi connectivity index (χ0) is 24.2. The normalized spacial score (nSPS) is 15.3. The maximum absolute atomic E-state index is 13.0. The van der Waals surface area contributed by atoms with Gasteiger partial charge in [0, 0.05) is 23.8 Å². The summed E-state index contributed by atoms with van der Waals surface area (Å²) in [6, 6.07) is 14.3. The van der Waals surface area contributed by atoms with E-state index >= 15 is 0 Å². The van der Waals surface area contributed by atoms with Crippen LogP contribution in [-0.2, 0) is 9.59 Å². The minimum absolute atomic E-state index is 0.168. The average Bonchev–Trinajstić information content (AvgIpc) is 3.28. The number of nitrogens with zero attached hydrogens (tertiary/aromatic N) is 3. The molecule has 0 saturated heterocycles. The van der Waals surface area contributed by atoms with Crippen LogP contribution < -0.4 is 9.47 Å². The molecule has 0 bridgehead atoms. The van der Waals surface area contributed by atoms with Crippen LogP contribution in [0.2, 0.25) is 5.15 Å². The van der Waals surface area contributed by atoms with Crippen molar-refractivity contribution < 1.29 is 24.2 Å². The average molecular weight is 482 g/mol. The standard InChI is InChI=1S/C25H24ClN3O5/c1-3-34-18-8-9-20-16(12-18)13-19(25(26)27-20)22-14-21(15-4-6-17(33-2)7-5-15)28-29(22)23(30)10-11-24(31)32/h4-9,12-13,22H,3,10-11,14H2,1-2H3,(H,31,32)/t22-/m0/s1. The Morgan fingerprint density at radius 3 is 2.53 bits per heavy atom. The van der Waals surface area contributed by atoms with Gasteiger partial charge in [0.15, 0.2) is 0 Å². The third-order valence-corrected chi connectivity index (χ3v) is 5.88. The van der Waals surface area contributed by atoms with Crippen molar-refractivity contribution in [2.75, 3.05) is 13.7 Å². The van der Waals surface area contributed by atoms with Gasteiger partial charge in [0.25, 0.3) is 0 Å². The zero-order valence-corrected chi connectivity index (χ0v) is 19.6. The van der Waals surface area contributed by atoms with Gasteiger partial charge in [0.1, 0.15) is 16.7 Å². The van der Waals surface area contributed by atoms with E-state index in [9.17, 15) is 9.59 Å². The van der Waals surface area contributed by atoms with Gasteiger partial charge in [-0.05, 0) is 61.0 Å². The lowest BCUT2D eigenvalue weighted by atomic mass is 9.98. The summed E-state index contributed by atoms with van der Waals surface area (Å²) in [6.45, 7) is 2.44. The largest absolute Gasteiger partial charge is 0.497 e. The van der Waals surface area contributed by atoms with Crippen LogP contribution in [0.1, 0.15) is 43.4 Å². The molecular formula is C25H24ClN3O5. The van der Waals surface area contributed by atoms with Gasteiger partial charge in [-0.3, -0.25) is 9.59 Å². The van der Waals surface area contributed by atoms with E-state index < -0.39 is 17.9 Å². The van der Waals surface area contributed by atoms with Crippen molar-refractivity contribution in [2.24, 2.45) is 5.10 Å². The van der Waals surface area contributed by atoms with Crippen LogP contribution >= 0.6 is 11.6 Å². The first-order valence-corrected chi connectivity index (χ1v) is 11.3. The molecule has 3 aromatic rings. The van der Waals surface area contributed by atoms with Crippen molar-refractivity contribution >= 4 is 40.1 Å². The summed E-state index contributed by atoms with van der Waals surface area (Å²) in [5.41, 5.74) is 2.87. The van der Waals surface area contributed by atoms with Crippen LogP contribution in [0, 0.1) is 0 Å². The number of carbonyl (C=O) groups excluding carboxylic acids is 1. The van der Waals surface area contributed by atoms with Gasteiger partial charge in [-0.1, -0.05) is 11.6 Å². The number of halogens is 1. The van der Waals surface area contributed by atoms with Gasteiger partial charge < -0.3 is 14.6 Å². The fourth-order valence-electron chi connectivity index (χ4n) is 3.91. The number of aromatic nitrogens is 1. The highest BCUT2D eigenvalue weighted by Crippen LogP contribution is 2.38. The number of pyridine rings is 1. The highest BCUT2D eigenvalue weighted by atomic mass is 35.5. The third-order valence-electron chi connectivity index (χ3n) is 5.58. The Hall–Kier alpha value is -3.65. The Balaban J connectivity index is 1.72. The molecule has 0 unspecified atom stereocenters. The van der Waals surface area contributed by atoms with Crippen molar-refractivity contribution in [3.63, 3.8) is 0 Å². The number of carboxylic acid groups (broad SMARTS) is 1. The number of hydrazone groups is 1. The molecular weight excluding hydrogens is 458 g/mol. The number of ether oxygens (including phenoxy) is 2. The summed E-state index contributed by atoms with van der Waals surface area (Å²) >= 11 is 6.57. The highest BCUT2D eigenvalue weighted by molar-refractivity contribution is 6.30. The molecule has 34 heavy (non-hydrogen) atoms. The molecule has 0 radical (unpaired) electrons. The van der Waals surface area contributed by atoms with Crippen LogP contribution in [0.25, 0.3) is 10.9 Å². The fraction of sp³-hybridized carbons (Fsp3) is 0.280. The predicted octanol–water partition coefficient (Wildman–Crippen LogP) is 4.84. The molecule has 0 fully saturated rings. The predicted molar refractivity (Wildman–Crippen MR) is 129 cm³/mol. The quantitative estimate of drug-likeness (QED) is 0.462. The van der Waals surface area contributed by atoms with Crippen LogP contribution in [-0.4, -0.2) is 46.4 Å². The van der Waals surface area contributed by atoms with Crippen LogP contribution in [0.3, 0.4) is 0 Å². The van der Waals surface area contributed by atoms with Crippen molar-refractivity contribution in [1.82, 2.24) is 9.99 Å². The number of aliphatic carboxylic acids is 1. The first-order valence-electron chi connectivity index (χ1n) is 10.9. The molecule has 2 aromatic carbocycles. The zero-order valence-electron chi connectivity index (χ0n) is 18.8. The monoisotopic (exact) mass is 481 g/mol. The van der Waals surface area contributed by atoms with Crippen molar-refractivity contribution in [1.29, 1.82) is 0 Å². The number of rotatable bonds is 8. The smallest absolute Gasteiger partial charge is 0.303 e. The van der Waals surface area contributed by atoms with E-state index in [1.165, 1.54) is 5.01 Å². The van der Waals surface area contributed by atoms with Gasteiger partial charge in [-0.2, -0.15) is 5.10 Å². The molecule has 176 valence electrons. The van der Waals surface area contributed by atoms with Gasteiger partial charge >= 0.3 is 5.97 Å². The lowest BCUT2D eigenvalue weighted by Gasteiger charge is -2.23. The van der Waals surface area contributed by atoms with Crippen molar-refractivity contribution in [3.8, 4) is 11.5 Å². The van der Waals surface area contributed by atoms with Gasteiger partial charge in [-0.25, -0.2) is 9.99 Å². The summed E-state index contributed by atoms with van der Waals surface area (Å²) in [4.78, 5) is 28.5. The molecule has 1 N–H and O–H groups in total. The van der Waals surface area contributed by atoms with E-state index in [2.05, 4.69) is 10.1 Å². The van der Waals surface area contributed by atoms with Gasteiger partial charge in [0.05, 0.1) is 37.4 Å². The molecule has 8 nitrogen and oxygen atoms in total. The van der Waals surface area contributed by atoms with Crippen molar-refractivity contribution in [3.05, 3.63) is 64.8 Å². The van der Waals surface area contributed by atoms with E-state index in [-0.39, 0.29) is 18.0 Å². The third kappa shape index (κ3) is 4.97. The first kappa shape index (κ1) is 23.5. The number of fused-ring (bicyclic) bond motifs is 1. The topological polar surface area (TPSA) is 101 Å². The van der Waals surface area contributed by atoms with Crippen LogP contribution in [0.15, 0.2) is 53.6 Å². The Morgan fingerprint density at radius 1 is 1.12 bits per heavy atom. The van der Waals surface area contributed by atoms with Gasteiger partial charge in [0.2, 0.25) is 5.91 Å². The number of hydrogen-bond acceptors (Lipinski definition) is 6. The molecule has 2 heterocycles. The summed E-state index contributed by atoms with van der Waals surface area (Å²) in [5.74, 6) is -0.0197. The molecule has 4 rings (SSSR count). The van der Waals surface area contributed by atoms with Crippen molar-refractivity contribution in [2.45, 2.75) is 32.2 Å². The lowest BCUT2D eigenvalue weighted by Crippen LogP contribution is -2.27. The number of hydrogen-bond donors (Lipinski definition) is 1. The SMILES string of the molecule is CCOc1ccc2nc(Cl)c([C@@H]3CC(c4ccc(OC)cc4)=NN3C(=O)CCC(=O)O)cc2c1. The Labute approximate surface area is 201 Å². The Bertz CT molecular complexity index is 1260. The molecule has 1 amide bonds. The minimum Gasteiger partial charge on any atom is -0.497 e. The second kappa shape index (κ2) is 10.1. The summed E-state index contributed by atoms with van der Waals surface area (Å²) in [7, 11) is 1.59. The Morgan fingerprint density at radius 2 is 1.85 bits per heavy atom. The summed E-state index contributed by atoms with van der Waals surface area (Å²) in [6.07, 6.45) is -0.0433. The highest BCUT2D eigenvalue weighted by Gasteiger charge is 2.35. The number of carbonyl (C=O) groups is 2. The number of carboxylic acids is 1. The van der Waals surface area contributed by atoms with Crippen LogP contribution in [0.4, 0.5) is 0 Å².